The number of thiophene rings is 1. The van der Waals surface area contributed by atoms with Crippen molar-refractivity contribution >= 4 is 32.3 Å². The van der Waals surface area contributed by atoms with Crippen LogP contribution in [0.1, 0.15) is 30.6 Å². The number of aromatic amines is 1. The molecule has 1 aliphatic heterocycles. The molecule has 2 aromatic carbocycles. The Morgan fingerprint density at radius 2 is 2.06 bits per heavy atom. The normalized spacial score (nSPS) is 21.0. The minimum atomic E-state index is -0.533. The van der Waals surface area contributed by atoms with Crippen LogP contribution >= 0.6 is 11.3 Å². The van der Waals surface area contributed by atoms with Crippen LogP contribution < -0.4 is 4.74 Å². The number of aliphatic hydroxyl groups excluding tert-OH is 1. The number of aliphatic hydroxyl groups is 1. The van der Waals surface area contributed by atoms with Gasteiger partial charge in [-0.1, -0.05) is 12.1 Å². The van der Waals surface area contributed by atoms with E-state index >= 15 is 0 Å². The molecule has 3 atom stereocenters. The summed E-state index contributed by atoms with van der Waals surface area (Å²) in [5.41, 5.74) is 1.04. The molecule has 1 fully saturated rings. The number of β-amino-alcohol motifs (C(OH)–C–C–N with tert-alkyl or cyclic N) is 1. The van der Waals surface area contributed by atoms with Gasteiger partial charge < -0.3 is 19.9 Å². The number of H-pyrrole nitrogens is 1. The van der Waals surface area contributed by atoms with Crippen LogP contribution in [-0.2, 0) is 0 Å². The van der Waals surface area contributed by atoms with Gasteiger partial charge in [0.1, 0.15) is 24.2 Å². The molecule has 3 N–H and O–H groups in total. The smallest absolute Gasteiger partial charge is 0.128 e. The number of benzene rings is 2. The third-order valence-corrected chi connectivity index (χ3v) is 7.67. The van der Waals surface area contributed by atoms with Crippen molar-refractivity contribution < 1.29 is 14.9 Å². The highest BCUT2D eigenvalue weighted by Gasteiger charge is 2.29. The van der Waals surface area contributed by atoms with Gasteiger partial charge in [-0.05, 0) is 68.6 Å². The van der Waals surface area contributed by atoms with Gasteiger partial charge in [0.15, 0.2) is 0 Å². The first-order valence-electron chi connectivity index (χ1n) is 10.9. The van der Waals surface area contributed by atoms with Crippen LogP contribution in [-0.4, -0.2) is 51.9 Å². The number of aromatic hydroxyl groups is 1. The maximum Gasteiger partial charge on any atom is 0.128 e. The fraction of sp³-hybridized carbons (Fsp3) is 0.360. The molecule has 2 aromatic heterocycles. The Morgan fingerprint density at radius 1 is 1.19 bits per heavy atom. The zero-order valence-corrected chi connectivity index (χ0v) is 18.4. The summed E-state index contributed by atoms with van der Waals surface area (Å²) < 4.78 is 7.08. The third-order valence-electron chi connectivity index (χ3n) is 6.41. The van der Waals surface area contributed by atoms with E-state index in [9.17, 15) is 10.2 Å². The van der Waals surface area contributed by atoms with Crippen molar-refractivity contribution in [1.82, 2.24) is 9.88 Å². The molecule has 0 spiro atoms. The summed E-state index contributed by atoms with van der Waals surface area (Å²) in [6, 6.07) is 16.2. The van der Waals surface area contributed by atoms with Gasteiger partial charge in [0, 0.05) is 44.6 Å². The van der Waals surface area contributed by atoms with Gasteiger partial charge in [-0.3, -0.25) is 4.90 Å². The first-order valence-corrected chi connectivity index (χ1v) is 11.7. The van der Waals surface area contributed by atoms with E-state index in [1.807, 2.05) is 36.5 Å². The Hall–Kier alpha value is -2.54. The lowest BCUT2D eigenvalue weighted by molar-refractivity contribution is 0.0408. The molecule has 0 amide bonds. The van der Waals surface area contributed by atoms with Crippen molar-refractivity contribution in [1.29, 1.82) is 0 Å². The van der Waals surface area contributed by atoms with E-state index in [2.05, 4.69) is 28.9 Å². The average Bonchev–Trinajstić information content (AvgIpc) is 3.41. The fourth-order valence-corrected chi connectivity index (χ4v) is 5.94. The molecule has 6 heteroatoms. The quantitative estimate of drug-likeness (QED) is 0.394. The Morgan fingerprint density at radius 3 is 2.90 bits per heavy atom. The molecule has 0 aliphatic carbocycles. The van der Waals surface area contributed by atoms with Gasteiger partial charge in [0.25, 0.3) is 0 Å². The molecule has 0 bridgehead atoms. The number of hydrogen-bond donors (Lipinski definition) is 3. The maximum atomic E-state index is 10.6. The molecule has 162 valence electrons. The first-order chi connectivity index (χ1) is 15.1. The van der Waals surface area contributed by atoms with Crippen molar-refractivity contribution in [3.63, 3.8) is 0 Å². The summed E-state index contributed by atoms with van der Waals surface area (Å²) in [7, 11) is 0. The van der Waals surface area contributed by atoms with Crippen molar-refractivity contribution in [2.24, 2.45) is 0 Å². The number of likely N-dealkylation sites (tertiary alicyclic amines) is 1. The number of ether oxygens (including phenoxy) is 1. The lowest BCUT2D eigenvalue weighted by Crippen LogP contribution is -2.45. The van der Waals surface area contributed by atoms with Crippen LogP contribution in [0, 0.1) is 0 Å². The molecule has 31 heavy (non-hydrogen) atoms. The number of phenolic OH excluding ortho intramolecular Hbond substituents is 1. The predicted octanol–water partition coefficient (Wildman–Crippen LogP) is 5.10. The second kappa shape index (κ2) is 8.54. The molecule has 0 radical (unpaired) electrons. The van der Waals surface area contributed by atoms with E-state index in [-0.39, 0.29) is 6.61 Å². The zero-order chi connectivity index (χ0) is 21.4. The molecule has 0 unspecified atom stereocenters. The van der Waals surface area contributed by atoms with Crippen LogP contribution in [0.4, 0.5) is 0 Å². The summed E-state index contributed by atoms with van der Waals surface area (Å²) in [4.78, 5) is 6.90. The van der Waals surface area contributed by atoms with Crippen LogP contribution in [0.25, 0.3) is 21.0 Å². The minimum Gasteiger partial charge on any atom is -0.507 e. The molecule has 1 aliphatic rings. The van der Waals surface area contributed by atoms with Gasteiger partial charge in [-0.2, -0.15) is 0 Å². The monoisotopic (exact) mass is 436 g/mol. The minimum absolute atomic E-state index is 0.284. The lowest BCUT2D eigenvalue weighted by atomic mass is 9.90. The summed E-state index contributed by atoms with van der Waals surface area (Å²) >= 11 is 1.79. The number of piperidine rings is 1. The summed E-state index contributed by atoms with van der Waals surface area (Å²) in [6.07, 6.45) is 3.49. The highest BCUT2D eigenvalue weighted by molar-refractivity contribution is 7.19. The van der Waals surface area contributed by atoms with Crippen LogP contribution in [0.15, 0.2) is 54.7 Å². The lowest BCUT2D eigenvalue weighted by Gasteiger charge is -2.38. The van der Waals surface area contributed by atoms with Crippen molar-refractivity contribution in [2.75, 3.05) is 19.7 Å². The van der Waals surface area contributed by atoms with Gasteiger partial charge in [-0.15, -0.1) is 11.3 Å². The number of phenols is 1. The Bertz CT molecular complexity index is 1180. The highest BCUT2D eigenvalue weighted by Crippen LogP contribution is 2.40. The van der Waals surface area contributed by atoms with E-state index in [4.69, 9.17) is 4.74 Å². The zero-order valence-electron chi connectivity index (χ0n) is 17.6. The molecular weight excluding hydrogens is 408 g/mol. The van der Waals surface area contributed by atoms with E-state index in [0.717, 1.165) is 46.1 Å². The SMILES string of the molecule is C[C@H]1C[C@@H](c2cc3c(O)cccc3s2)CCN1C[C@H](O)COc1cccc2[nH]ccc12. The van der Waals surface area contributed by atoms with Gasteiger partial charge >= 0.3 is 0 Å². The Kier molecular flexibility index (Phi) is 5.61. The molecule has 4 aromatic rings. The van der Waals surface area contributed by atoms with Crippen molar-refractivity contribution in [3.05, 3.63) is 59.6 Å². The summed E-state index contributed by atoms with van der Waals surface area (Å²) in [5, 5.41) is 22.7. The average molecular weight is 437 g/mol. The molecule has 5 nitrogen and oxygen atoms in total. The van der Waals surface area contributed by atoms with E-state index in [1.165, 1.54) is 4.88 Å². The van der Waals surface area contributed by atoms with Crippen LogP contribution in [0.3, 0.4) is 0 Å². The first kappa shape index (κ1) is 20.4. The largest absolute Gasteiger partial charge is 0.507 e. The molecular formula is C25H28N2O3S. The van der Waals surface area contributed by atoms with Gasteiger partial charge in [0.05, 0.1) is 0 Å². The molecule has 3 heterocycles. The van der Waals surface area contributed by atoms with Crippen LogP contribution in [0.5, 0.6) is 11.5 Å². The van der Waals surface area contributed by atoms with Crippen molar-refractivity contribution in [3.8, 4) is 11.5 Å². The fourth-order valence-electron chi connectivity index (χ4n) is 4.71. The van der Waals surface area contributed by atoms with Crippen LogP contribution in [0.2, 0.25) is 0 Å². The molecule has 1 saturated heterocycles. The van der Waals surface area contributed by atoms with E-state index in [0.29, 0.717) is 24.3 Å². The van der Waals surface area contributed by atoms with E-state index in [1.54, 1.807) is 17.4 Å². The second-order valence-electron chi connectivity index (χ2n) is 8.56. The molecule has 5 rings (SSSR count). The standard InChI is InChI=1S/C25H28N2O3S/c1-16-12-17(25-13-20-22(29)5-3-7-24(20)31-25)9-11-27(16)14-18(28)15-30-23-6-2-4-21-19(23)8-10-26-21/h2-8,10,13,16-18,26,28-29H,9,11-12,14-15H2,1H3/t16-,17-,18-/m0/s1. The molecule has 0 saturated carbocycles. The predicted molar refractivity (Wildman–Crippen MR) is 126 cm³/mol. The highest BCUT2D eigenvalue weighted by atomic mass is 32.1. The van der Waals surface area contributed by atoms with E-state index < -0.39 is 6.10 Å². The Balaban J connectivity index is 1.18. The summed E-state index contributed by atoms with van der Waals surface area (Å²) in [5.74, 6) is 1.67. The third kappa shape index (κ3) is 4.15. The number of nitrogens with zero attached hydrogens (tertiary/aromatic N) is 1. The topological polar surface area (TPSA) is 68.7 Å². The second-order valence-corrected chi connectivity index (χ2v) is 9.68. The number of fused-ring (bicyclic) bond motifs is 2. The van der Waals surface area contributed by atoms with Gasteiger partial charge in [0.2, 0.25) is 0 Å². The number of nitrogens with one attached hydrogen (secondary N) is 1. The maximum absolute atomic E-state index is 10.6. The van der Waals surface area contributed by atoms with Gasteiger partial charge in [-0.25, -0.2) is 0 Å². The summed E-state index contributed by atoms with van der Waals surface area (Å²) in [6.45, 7) is 4.10. The Labute approximate surface area is 185 Å². The van der Waals surface area contributed by atoms with Crippen molar-refractivity contribution in [2.45, 2.75) is 37.8 Å². The number of hydrogen-bond acceptors (Lipinski definition) is 5. The number of aromatic nitrogens is 1. The number of rotatable bonds is 6.